The van der Waals surface area contributed by atoms with E-state index in [4.69, 9.17) is 5.73 Å². The first-order valence-electron chi connectivity index (χ1n) is 4.73. The second-order valence-corrected chi connectivity index (χ2v) is 4.17. The number of H-pyrrole nitrogens is 1. The Morgan fingerprint density at radius 2 is 2.12 bits per heavy atom. The van der Waals surface area contributed by atoms with Gasteiger partial charge >= 0.3 is 0 Å². The number of aromatic nitrogens is 2. The van der Waals surface area contributed by atoms with Crippen LogP contribution in [0.5, 0.6) is 0 Å². The number of nitrogens with zero attached hydrogens (tertiary/aromatic N) is 1. The number of nitrogens with one attached hydrogen (secondary N) is 1. The molecule has 0 spiro atoms. The zero-order valence-corrected chi connectivity index (χ0v) is 10.2. The molecule has 0 bridgehead atoms. The lowest BCUT2D eigenvalue weighted by atomic mass is 10.2. The van der Waals surface area contributed by atoms with Gasteiger partial charge in [0.05, 0.1) is 5.69 Å². The highest BCUT2D eigenvalue weighted by Gasteiger charge is 2.09. The molecule has 0 aliphatic carbocycles. The molecule has 0 aromatic carbocycles. The topological polar surface area (TPSA) is 88.8 Å². The van der Waals surface area contributed by atoms with Gasteiger partial charge in [-0.3, -0.25) is 14.6 Å². The molecule has 0 aliphatic rings. The smallest absolute Gasteiger partial charge is 0.261 e. The number of amides is 1. The summed E-state index contributed by atoms with van der Waals surface area (Å²) in [4.78, 5) is 29.2. The van der Waals surface area contributed by atoms with Crippen LogP contribution in [0, 0.1) is 0 Å². The SMILES string of the molecule is NC(=O)c1ccc(-c2ncccc2Br)[nH]c1=O. The lowest BCUT2D eigenvalue weighted by molar-refractivity contribution is 0.0999. The molecule has 6 heteroatoms. The van der Waals surface area contributed by atoms with E-state index in [2.05, 4.69) is 25.9 Å². The molecule has 3 N–H and O–H groups in total. The fraction of sp³-hybridized carbons (Fsp3) is 0. The molecule has 0 saturated heterocycles. The zero-order chi connectivity index (χ0) is 12.4. The first-order chi connectivity index (χ1) is 8.09. The quantitative estimate of drug-likeness (QED) is 0.874. The molecule has 0 saturated carbocycles. The molecule has 0 aliphatic heterocycles. The molecule has 0 radical (unpaired) electrons. The van der Waals surface area contributed by atoms with Gasteiger partial charge in [0.25, 0.3) is 11.5 Å². The van der Waals surface area contributed by atoms with Crippen molar-refractivity contribution in [3.05, 3.63) is 50.9 Å². The van der Waals surface area contributed by atoms with Crippen LogP contribution in [-0.4, -0.2) is 15.9 Å². The van der Waals surface area contributed by atoms with Gasteiger partial charge in [0.15, 0.2) is 0 Å². The summed E-state index contributed by atoms with van der Waals surface area (Å²) in [6.07, 6.45) is 1.61. The Hall–Kier alpha value is -1.95. The Morgan fingerprint density at radius 3 is 2.71 bits per heavy atom. The minimum absolute atomic E-state index is 0.0687. The molecule has 2 aromatic rings. The van der Waals surface area contributed by atoms with Crippen LogP contribution in [-0.2, 0) is 0 Å². The summed E-state index contributed by atoms with van der Waals surface area (Å²) in [6.45, 7) is 0. The first-order valence-corrected chi connectivity index (χ1v) is 5.53. The number of primary amides is 1. The lowest BCUT2D eigenvalue weighted by Gasteiger charge is -2.03. The van der Waals surface area contributed by atoms with Crippen LogP contribution in [0.1, 0.15) is 10.4 Å². The number of hydrogen-bond donors (Lipinski definition) is 2. The van der Waals surface area contributed by atoms with Crippen molar-refractivity contribution < 1.29 is 4.79 Å². The summed E-state index contributed by atoms with van der Waals surface area (Å²) in [5.74, 6) is -0.752. The fourth-order valence-electron chi connectivity index (χ4n) is 1.39. The predicted molar refractivity (Wildman–Crippen MR) is 66.5 cm³/mol. The van der Waals surface area contributed by atoms with Crippen molar-refractivity contribution in [3.8, 4) is 11.4 Å². The molecule has 2 heterocycles. The van der Waals surface area contributed by atoms with Gasteiger partial charge in [-0.25, -0.2) is 0 Å². The Bertz CT molecular complexity index is 637. The molecule has 1 amide bonds. The third-order valence-corrected chi connectivity index (χ3v) is 2.83. The normalized spacial score (nSPS) is 10.2. The monoisotopic (exact) mass is 293 g/mol. The van der Waals surface area contributed by atoms with Gasteiger partial charge in [-0.15, -0.1) is 0 Å². The van der Waals surface area contributed by atoms with Crippen molar-refractivity contribution in [3.63, 3.8) is 0 Å². The van der Waals surface area contributed by atoms with E-state index in [-0.39, 0.29) is 5.56 Å². The van der Waals surface area contributed by atoms with E-state index >= 15 is 0 Å². The molecule has 17 heavy (non-hydrogen) atoms. The number of rotatable bonds is 2. The minimum Gasteiger partial charge on any atom is -0.365 e. The van der Waals surface area contributed by atoms with E-state index in [1.165, 1.54) is 6.07 Å². The van der Waals surface area contributed by atoms with Gasteiger partial charge in [0, 0.05) is 10.7 Å². The van der Waals surface area contributed by atoms with Gasteiger partial charge in [0.2, 0.25) is 0 Å². The number of carbonyl (C=O) groups excluding carboxylic acids is 1. The molecule has 0 fully saturated rings. The van der Waals surface area contributed by atoms with E-state index in [9.17, 15) is 9.59 Å². The van der Waals surface area contributed by atoms with Crippen LogP contribution in [0.25, 0.3) is 11.4 Å². The molecular weight excluding hydrogens is 286 g/mol. The Balaban J connectivity index is 2.57. The number of hydrogen-bond acceptors (Lipinski definition) is 3. The molecule has 5 nitrogen and oxygen atoms in total. The number of pyridine rings is 2. The molecule has 86 valence electrons. The van der Waals surface area contributed by atoms with Crippen molar-refractivity contribution in [2.45, 2.75) is 0 Å². The maximum atomic E-state index is 11.6. The molecule has 0 unspecified atom stereocenters. The molecule has 2 rings (SSSR count). The molecular formula is C11H8BrN3O2. The second kappa shape index (κ2) is 4.50. The molecule has 0 atom stereocenters. The van der Waals surface area contributed by atoms with E-state index in [1.807, 2.05) is 6.07 Å². The summed E-state index contributed by atoms with van der Waals surface area (Å²) in [5.41, 5.74) is 5.58. The van der Waals surface area contributed by atoms with E-state index < -0.39 is 11.5 Å². The van der Waals surface area contributed by atoms with Crippen LogP contribution >= 0.6 is 15.9 Å². The largest absolute Gasteiger partial charge is 0.365 e. The van der Waals surface area contributed by atoms with Crippen molar-refractivity contribution in [1.29, 1.82) is 0 Å². The number of halogens is 1. The van der Waals surface area contributed by atoms with Crippen LogP contribution in [0.3, 0.4) is 0 Å². The highest BCUT2D eigenvalue weighted by atomic mass is 79.9. The summed E-state index contributed by atoms with van der Waals surface area (Å²) < 4.78 is 0.752. The van der Waals surface area contributed by atoms with Gasteiger partial charge in [-0.05, 0) is 40.2 Å². The van der Waals surface area contributed by atoms with Crippen LogP contribution in [0.4, 0.5) is 0 Å². The minimum atomic E-state index is -0.752. The second-order valence-electron chi connectivity index (χ2n) is 3.31. The van der Waals surface area contributed by atoms with E-state index in [0.717, 1.165) is 4.47 Å². The average Bonchev–Trinajstić information content (AvgIpc) is 2.29. The standard InChI is InChI=1S/C11H8BrN3O2/c12-7-2-1-5-14-9(7)8-4-3-6(10(13)16)11(17)15-8/h1-5H,(H2,13,16)(H,15,17). The Kier molecular flexibility index (Phi) is 3.06. The zero-order valence-electron chi connectivity index (χ0n) is 8.61. The first kappa shape index (κ1) is 11.5. The lowest BCUT2D eigenvalue weighted by Crippen LogP contribution is -2.23. The summed E-state index contributed by atoms with van der Waals surface area (Å²) >= 11 is 3.33. The maximum Gasteiger partial charge on any atom is 0.261 e. The van der Waals surface area contributed by atoms with Gasteiger partial charge in [-0.1, -0.05) is 0 Å². The van der Waals surface area contributed by atoms with Crippen molar-refractivity contribution >= 4 is 21.8 Å². The van der Waals surface area contributed by atoms with Crippen molar-refractivity contribution in [2.24, 2.45) is 5.73 Å². The Morgan fingerprint density at radius 1 is 1.35 bits per heavy atom. The third kappa shape index (κ3) is 2.26. The van der Waals surface area contributed by atoms with Crippen LogP contribution in [0.15, 0.2) is 39.7 Å². The summed E-state index contributed by atoms with van der Waals surface area (Å²) in [5, 5.41) is 0. The third-order valence-electron chi connectivity index (χ3n) is 2.19. The van der Waals surface area contributed by atoms with Gasteiger partial charge < -0.3 is 10.7 Å². The van der Waals surface area contributed by atoms with Crippen LogP contribution in [0.2, 0.25) is 0 Å². The van der Waals surface area contributed by atoms with Crippen molar-refractivity contribution in [2.75, 3.05) is 0 Å². The highest BCUT2D eigenvalue weighted by molar-refractivity contribution is 9.10. The average molecular weight is 294 g/mol. The Labute approximate surface area is 105 Å². The fourth-order valence-corrected chi connectivity index (χ4v) is 1.86. The van der Waals surface area contributed by atoms with Gasteiger partial charge in [0.1, 0.15) is 11.3 Å². The number of carbonyl (C=O) groups is 1. The summed E-state index contributed by atoms with van der Waals surface area (Å²) in [7, 11) is 0. The van der Waals surface area contributed by atoms with E-state index in [1.54, 1.807) is 18.3 Å². The maximum absolute atomic E-state index is 11.6. The molecule has 2 aromatic heterocycles. The number of aromatic amines is 1. The summed E-state index contributed by atoms with van der Waals surface area (Å²) in [6, 6.07) is 6.55. The van der Waals surface area contributed by atoms with Gasteiger partial charge in [-0.2, -0.15) is 0 Å². The van der Waals surface area contributed by atoms with E-state index in [0.29, 0.717) is 11.4 Å². The van der Waals surface area contributed by atoms with Crippen LogP contribution < -0.4 is 11.3 Å². The number of nitrogens with two attached hydrogens (primary N) is 1. The van der Waals surface area contributed by atoms with Crippen molar-refractivity contribution in [1.82, 2.24) is 9.97 Å². The highest BCUT2D eigenvalue weighted by Crippen LogP contribution is 2.22. The predicted octanol–water partition coefficient (Wildman–Crippen LogP) is 1.30.